The fourth-order valence-electron chi connectivity index (χ4n) is 4.05. The van der Waals surface area contributed by atoms with Crippen molar-refractivity contribution >= 4 is 11.9 Å². The van der Waals surface area contributed by atoms with Crippen LogP contribution < -0.4 is 14.2 Å². The Hall–Kier alpha value is -3.41. The molecule has 0 radical (unpaired) electrons. The Labute approximate surface area is 187 Å². The van der Waals surface area contributed by atoms with Crippen LogP contribution in [0.3, 0.4) is 0 Å². The van der Waals surface area contributed by atoms with Crippen LogP contribution in [0.1, 0.15) is 67.3 Å². The van der Waals surface area contributed by atoms with Crippen LogP contribution in [0.25, 0.3) is 6.08 Å². The summed E-state index contributed by atoms with van der Waals surface area (Å²) in [5.74, 6) is 0.930. The van der Waals surface area contributed by atoms with Gasteiger partial charge in [0.15, 0.2) is 5.78 Å². The van der Waals surface area contributed by atoms with Crippen molar-refractivity contribution in [3.05, 3.63) is 58.2 Å². The summed E-state index contributed by atoms with van der Waals surface area (Å²) in [5.41, 5.74) is 2.38. The molecule has 0 aromatic heterocycles. The van der Waals surface area contributed by atoms with Gasteiger partial charge in [0.25, 0.3) is 0 Å². The molecule has 6 heteroatoms. The Balaban J connectivity index is 1.88. The number of ketones is 1. The molecule has 2 aliphatic rings. The summed E-state index contributed by atoms with van der Waals surface area (Å²) >= 11 is 0. The Morgan fingerprint density at radius 1 is 1.25 bits per heavy atom. The third-order valence-corrected chi connectivity index (χ3v) is 5.74. The number of carbonyl (C=O) groups excluding carboxylic acids is 1. The molecule has 0 aliphatic carbocycles. The van der Waals surface area contributed by atoms with E-state index in [0.717, 1.165) is 5.57 Å². The van der Waals surface area contributed by atoms with E-state index in [1.165, 1.54) is 13.2 Å². The number of aromatic hydroxyl groups is 2. The van der Waals surface area contributed by atoms with Crippen molar-refractivity contribution in [1.29, 1.82) is 0 Å². The summed E-state index contributed by atoms with van der Waals surface area (Å²) in [6.07, 6.45) is 5.47. The minimum absolute atomic E-state index is 0.00259. The minimum atomic E-state index is -0.698. The van der Waals surface area contributed by atoms with Crippen molar-refractivity contribution < 1.29 is 29.2 Å². The lowest BCUT2D eigenvalue weighted by atomic mass is 9.88. The molecule has 2 N–H and O–H groups in total. The quantitative estimate of drug-likeness (QED) is 0.615. The van der Waals surface area contributed by atoms with Crippen molar-refractivity contribution in [3.8, 4) is 28.7 Å². The Bertz CT molecular complexity index is 1150. The number of hydrogen-bond donors (Lipinski definition) is 2. The Morgan fingerprint density at radius 2 is 2.00 bits per heavy atom. The lowest BCUT2D eigenvalue weighted by molar-refractivity contribution is 0.0836. The topological polar surface area (TPSA) is 85.2 Å². The van der Waals surface area contributed by atoms with E-state index >= 15 is 0 Å². The van der Waals surface area contributed by atoms with Crippen LogP contribution >= 0.6 is 0 Å². The number of rotatable bonds is 4. The molecular formula is C26H28O6. The van der Waals surface area contributed by atoms with E-state index in [1.54, 1.807) is 18.2 Å². The van der Waals surface area contributed by atoms with Crippen LogP contribution in [-0.2, 0) is 6.42 Å². The van der Waals surface area contributed by atoms with Crippen molar-refractivity contribution in [3.63, 3.8) is 0 Å². The third-order valence-electron chi connectivity index (χ3n) is 5.74. The predicted octanol–water partition coefficient (Wildman–Crippen LogP) is 5.51. The van der Waals surface area contributed by atoms with E-state index in [2.05, 4.69) is 0 Å². The maximum Gasteiger partial charge on any atom is 0.174 e. The molecule has 2 aromatic carbocycles. The van der Waals surface area contributed by atoms with Gasteiger partial charge in [0.1, 0.15) is 46.0 Å². The molecule has 0 amide bonds. The highest BCUT2D eigenvalue weighted by Crippen LogP contribution is 2.51. The van der Waals surface area contributed by atoms with Crippen LogP contribution in [-0.4, -0.2) is 28.7 Å². The molecule has 4 rings (SSSR count). The number of carbonyl (C=O) groups is 1. The largest absolute Gasteiger partial charge is 0.507 e. The predicted molar refractivity (Wildman–Crippen MR) is 122 cm³/mol. The molecule has 2 heterocycles. The van der Waals surface area contributed by atoms with Gasteiger partial charge in [0.05, 0.1) is 19.1 Å². The van der Waals surface area contributed by atoms with Gasteiger partial charge in [-0.2, -0.15) is 0 Å². The standard InChI is InChI=1S/C26H28O6/c1-14(2)6-8-18-24-17(10-11-26(3,4)32-24)23(29)22-20(28)13-21(31-25(18)22)16-9-7-15(30-5)12-19(16)27/h6-7,9-12,21,27,29H,8,13H2,1-5H3/t21-/m1/s1. The van der Waals surface area contributed by atoms with Crippen LogP contribution in [0.15, 0.2) is 35.9 Å². The van der Waals surface area contributed by atoms with Crippen LogP contribution in [0.4, 0.5) is 0 Å². The minimum Gasteiger partial charge on any atom is -0.507 e. The number of fused-ring (bicyclic) bond motifs is 2. The summed E-state index contributed by atoms with van der Waals surface area (Å²) in [6, 6.07) is 4.89. The van der Waals surface area contributed by atoms with Gasteiger partial charge in [0, 0.05) is 17.2 Å². The first-order valence-electron chi connectivity index (χ1n) is 10.6. The van der Waals surface area contributed by atoms with E-state index in [0.29, 0.717) is 40.4 Å². The van der Waals surface area contributed by atoms with Crippen molar-refractivity contribution in [2.75, 3.05) is 7.11 Å². The smallest absolute Gasteiger partial charge is 0.174 e. The first kappa shape index (κ1) is 21.8. The summed E-state index contributed by atoms with van der Waals surface area (Å²) < 4.78 is 17.7. The third kappa shape index (κ3) is 3.81. The van der Waals surface area contributed by atoms with Gasteiger partial charge in [-0.1, -0.05) is 11.6 Å². The molecule has 0 saturated carbocycles. The van der Waals surface area contributed by atoms with Gasteiger partial charge in [-0.25, -0.2) is 0 Å². The van der Waals surface area contributed by atoms with Gasteiger partial charge >= 0.3 is 0 Å². The van der Waals surface area contributed by atoms with Gasteiger partial charge < -0.3 is 24.4 Å². The second-order valence-corrected chi connectivity index (χ2v) is 8.96. The molecule has 0 saturated heterocycles. The summed E-state index contributed by atoms with van der Waals surface area (Å²) in [4.78, 5) is 13.2. The highest BCUT2D eigenvalue weighted by Gasteiger charge is 2.38. The number of methoxy groups -OCH3 is 1. The fourth-order valence-corrected chi connectivity index (χ4v) is 4.05. The van der Waals surface area contributed by atoms with Crippen LogP contribution in [0, 0.1) is 0 Å². The zero-order valence-electron chi connectivity index (χ0n) is 19.0. The number of phenols is 2. The van der Waals surface area contributed by atoms with E-state index in [-0.39, 0.29) is 29.3 Å². The Morgan fingerprint density at radius 3 is 2.66 bits per heavy atom. The Kier molecular flexibility index (Phi) is 5.41. The molecule has 2 aromatic rings. The van der Waals surface area contributed by atoms with E-state index in [4.69, 9.17) is 14.2 Å². The highest BCUT2D eigenvalue weighted by molar-refractivity contribution is 6.05. The summed E-state index contributed by atoms with van der Waals surface area (Å²) in [5, 5.41) is 21.5. The molecule has 0 bridgehead atoms. The number of hydrogen-bond acceptors (Lipinski definition) is 6. The average molecular weight is 437 g/mol. The molecule has 6 nitrogen and oxygen atoms in total. The molecule has 0 fully saturated rings. The summed E-state index contributed by atoms with van der Waals surface area (Å²) in [7, 11) is 1.52. The number of phenolic OH excluding ortho intramolecular Hbond substituents is 2. The van der Waals surface area contributed by atoms with Gasteiger partial charge in [0.2, 0.25) is 0 Å². The zero-order valence-corrected chi connectivity index (χ0v) is 19.0. The van der Waals surface area contributed by atoms with Gasteiger partial charge in [-0.3, -0.25) is 4.79 Å². The van der Waals surface area contributed by atoms with Crippen LogP contribution in [0.2, 0.25) is 0 Å². The monoisotopic (exact) mass is 436 g/mol. The lowest BCUT2D eigenvalue weighted by Gasteiger charge is -2.34. The second-order valence-electron chi connectivity index (χ2n) is 8.96. The summed E-state index contributed by atoms with van der Waals surface area (Å²) in [6.45, 7) is 7.85. The molecule has 0 spiro atoms. The zero-order chi connectivity index (χ0) is 23.2. The first-order chi connectivity index (χ1) is 15.1. The maximum atomic E-state index is 13.2. The molecule has 0 unspecified atom stereocenters. The maximum absolute atomic E-state index is 13.2. The van der Waals surface area contributed by atoms with E-state index in [1.807, 2.05) is 39.8 Å². The fraction of sp³-hybridized carbons (Fsp3) is 0.346. The van der Waals surface area contributed by atoms with Crippen molar-refractivity contribution in [2.24, 2.45) is 0 Å². The van der Waals surface area contributed by atoms with Crippen molar-refractivity contribution in [1.82, 2.24) is 0 Å². The first-order valence-corrected chi connectivity index (χ1v) is 10.6. The molecule has 32 heavy (non-hydrogen) atoms. The second kappa shape index (κ2) is 7.93. The average Bonchev–Trinajstić information content (AvgIpc) is 2.72. The molecule has 2 aliphatic heterocycles. The number of allylic oxidation sites excluding steroid dienone is 2. The van der Waals surface area contributed by atoms with Gasteiger partial charge in [-0.05, 0) is 58.4 Å². The normalized spacial score (nSPS) is 18.2. The van der Waals surface area contributed by atoms with Crippen molar-refractivity contribution in [2.45, 2.75) is 52.2 Å². The van der Waals surface area contributed by atoms with Gasteiger partial charge in [-0.15, -0.1) is 0 Å². The highest BCUT2D eigenvalue weighted by atomic mass is 16.5. The van der Waals surface area contributed by atoms with Crippen LogP contribution in [0.5, 0.6) is 28.7 Å². The molecule has 1 atom stereocenters. The number of benzene rings is 2. The molecule has 168 valence electrons. The number of Topliss-reactive ketones (excluding diaryl/α,β-unsaturated/α-hetero) is 1. The number of ether oxygens (including phenoxy) is 3. The lowest BCUT2D eigenvalue weighted by Crippen LogP contribution is -2.29. The molecular weight excluding hydrogens is 408 g/mol. The SMILES string of the molecule is COc1ccc([C@H]2CC(=O)c3c(O)c4c(c(CC=C(C)C)c3O2)OC(C)(C)C=C4)c(O)c1. The van der Waals surface area contributed by atoms with E-state index in [9.17, 15) is 15.0 Å². The van der Waals surface area contributed by atoms with E-state index < -0.39 is 11.7 Å².